The van der Waals surface area contributed by atoms with Crippen molar-refractivity contribution in [1.29, 1.82) is 0 Å². The number of benzene rings is 2. The minimum atomic E-state index is -0.728. The molecule has 2 aromatic carbocycles. The van der Waals surface area contributed by atoms with Crippen molar-refractivity contribution in [2.75, 3.05) is 11.9 Å². The molecule has 2 N–H and O–H groups in total. The van der Waals surface area contributed by atoms with Crippen molar-refractivity contribution in [2.24, 2.45) is 0 Å². The summed E-state index contributed by atoms with van der Waals surface area (Å²) in [6.45, 7) is 0.0248. The summed E-state index contributed by atoms with van der Waals surface area (Å²) in [5.41, 5.74) is 1.75. The number of rotatable bonds is 4. The molecule has 1 heterocycles. The summed E-state index contributed by atoms with van der Waals surface area (Å²) in [5, 5.41) is 5.25. The van der Waals surface area contributed by atoms with Crippen LogP contribution in [0.2, 0.25) is 0 Å². The van der Waals surface area contributed by atoms with Crippen molar-refractivity contribution in [1.82, 2.24) is 10.2 Å². The SMILES string of the molecule is O=C(CN1Cc2c(Br)cccc2NC1=O)NCc1ccc(F)cc1F. The highest BCUT2D eigenvalue weighted by atomic mass is 79.9. The van der Waals surface area contributed by atoms with Crippen LogP contribution in [-0.2, 0) is 17.9 Å². The third-order valence-electron chi connectivity index (χ3n) is 3.82. The Labute approximate surface area is 151 Å². The Morgan fingerprint density at radius 3 is 2.84 bits per heavy atom. The molecule has 0 aliphatic carbocycles. The zero-order valence-electron chi connectivity index (χ0n) is 13.0. The molecular weight excluding hydrogens is 396 g/mol. The average molecular weight is 410 g/mol. The Morgan fingerprint density at radius 2 is 2.08 bits per heavy atom. The first-order valence-corrected chi connectivity index (χ1v) is 8.27. The second-order valence-corrected chi connectivity index (χ2v) is 6.42. The topological polar surface area (TPSA) is 61.4 Å². The molecule has 5 nitrogen and oxygen atoms in total. The van der Waals surface area contributed by atoms with Crippen molar-refractivity contribution < 1.29 is 18.4 Å². The Kier molecular flexibility index (Phi) is 4.98. The third kappa shape index (κ3) is 3.96. The van der Waals surface area contributed by atoms with Gasteiger partial charge >= 0.3 is 6.03 Å². The Balaban J connectivity index is 1.61. The summed E-state index contributed by atoms with van der Waals surface area (Å²) in [4.78, 5) is 25.5. The first kappa shape index (κ1) is 17.3. The maximum Gasteiger partial charge on any atom is 0.322 e. The van der Waals surface area contributed by atoms with Gasteiger partial charge < -0.3 is 15.5 Å². The van der Waals surface area contributed by atoms with E-state index in [9.17, 15) is 18.4 Å². The van der Waals surface area contributed by atoms with Gasteiger partial charge in [-0.3, -0.25) is 4.79 Å². The molecule has 25 heavy (non-hydrogen) atoms. The minimum absolute atomic E-state index is 0.0827. The van der Waals surface area contributed by atoms with E-state index >= 15 is 0 Å². The van der Waals surface area contributed by atoms with E-state index in [0.29, 0.717) is 5.69 Å². The Bertz CT molecular complexity index is 845. The van der Waals surface area contributed by atoms with Crippen molar-refractivity contribution in [3.05, 3.63) is 63.6 Å². The van der Waals surface area contributed by atoms with Crippen molar-refractivity contribution in [3.8, 4) is 0 Å². The van der Waals surface area contributed by atoms with Crippen LogP contribution >= 0.6 is 15.9 Å². The van der Waals surface area contributed by atoms with Gasteiger partial charge in [0.2, 0.25) is 5.91 Å². The van der Waals surface area contributed by atoms with E-state index < -0.39 is 17.5 Å². The quantitative estimate of drug-likeness (QED) is 0.812. The molecular formula is C17H14BrF2N3O2. The summed E-state index contributed by atoms with van der Waals surface area (Å²) in [6, 6.07) is 8.21. The van der Waals surface area contributed by atoms with Gasteiger partial charge in [0.15, 0.2) is 0 Å². The third-order valence-corrected chi connectivity index (χ3v) is 4.57. The number of halogens is 3. The van der Waals surface area contributed by atoms with E-state index in [0.717, 1.165) is 22.2 Å². The Morgan fingerprint density at radius 1 is 1.28 bits per heavy atom. The van der Waals surface area contributed by atoms with Gasteiger partial charge in [0.1, 0.15) is 18.2 Å². The number of amides is 3. The number of hydrogen-bond acceptors (Lipinski definition) is 2. The molecule has 3 rings (SSSR count). The minimum Gasteiger partial charge on any atom is -0.350 e. The molecule has 0 spiro atoms. The van der Waals surface area contributed by atoms with Crippen molar-refractivity contribution in [3.63, 3.8) is 0 Å². The predicted octanol–water partition coefficient (Wildman–Crippen LogP) is 3.39. The van der Waals surface area contributed by atoms with Crippen LogP contribution in [0.25, 0.3) is 0 Å². The lowest BCUT2D eigenvalue weighted by Crippen LogP contribution is -2.44. The van der Waals surface area contributed by atoms with Gasteiger partial charge in [0, 0.05) is 33.9 Å². The maximum absolute atomic E-state index is 13.6. The van der Waals surface area contributed by atoms with Crippen LogP contribution in [-0.4, -0.2) is 23.4 Å². The first-order valence-electron chi connectivity index (χ1n) is 7.48. The number of fused-ring (bicyclic) bond motifs is 1. The first-order chi connectivity index (χ1) is 11.9. The van der Waals surface area contributed by atoms with Crippen molar-refractivity contribution in [2.45, 2.75) is 13.1 Å². The molecule has 0 bridgehead atoms. The van der Waals surface area contributed by atoms with Crippen LogP contribution in [0.5, 0.6) is 0 Å². The van der Waals surface area contributed by atoms with Crippen LogP contribution in [0, 0.1) is 11.6 Å². The van der Waals surface area contributed by atoms with Gasteiger partial charge in [-0.15, -0.1) is 0 Å². The molecule has 0 saturated carbocycles. The fraction of sp³-hybridized carbons (Fsp3) is 0.176. The number of anilines is 1. The highest BCUT2D eigenvalue weighted by molar-refractivity contribution is 9.10. The second kappa shape index (κ2) is 7.18. The molecule has 0 atom stereocenters. The highest BCUT2D eigenvalue weighted by Crippen LogP contribution is 2.29. The van der Waals surface area contributed by atoms with Crippen molar-refractivity contribution >= 4 is 33.6 Å². The van der Waals surface area contributed by atoms with Crippen LogP contribution in [0.1, 0.15) is 11.1 Å². The smallest absolute Gasteiger partial charge is 0.322 e. The monoisotopic (exact) mass is 409 g/mol. The lowest BCUT2D eigenvalue weighted by Gasteiger charge is -2.29. The largest absolute Gasteiger partial charge is 0.350 e. The van der Waals surface area contributed by atoms with Crippen LogP contribution in [0.3, 0.4) is 0 Å². The zero-order chi connectivity index (χ0) is 18.0. The summed E-state index contributed by atoms with van der Waals surface area (Å²) < 4.78 is 27.3. The summed E-state index contributed by atoms with van der Waals surface area (Å²) in [5.74, 6) is -1.84. The van der Waals surface area contributed by atoms with E-state index in [1.807, 2.05) is 12.1 Å². The Hall–Kier alpha value is -2.48. The predicted molar refractivity (Wildman–Crippen MR) is 91.8 cm³/mol. The molecule has 0 saturated heterocycles. The molecule has 0 unspecified atom stereocenters. The van der Waals surface area contributed by atoms with E-state index in [1.54, 1.807) is 6.07 Å². The fourth-order valence-corrected chi connectivity index (χ4v) is 3.00. The summed E-state index contributed by atoms with van der Waals surface area (Å²) >= 11 is 3.42. The van der Waals surface area contributed by atoms with E-state index in [4.69, 9.17) is 0 Å². The molecule has 0 aromatic heterocycles. The van der Waals surface area contributed by atoms with Crippen LogP contribution in [0.15, 0.2) is 40.9 Å². The molecule has 1 aliphatic rings. The van der Waals surface area contributed by atoms with Gasteiger partial charge in [-0.2, -0.15) is 0 Å². The van der Waals surface area contributed by atoms with Crippen LogP contribution < -0.4 is 10.6 Å². The van der Waals surface area contributed by atoms with Gasteiger partial charge in [0.05, 0.1) is 6.54 Å². The van der Waals surface area contributed by atoms with E-state index in [1.165, 1.54) is 11.0 Å². The van der Waals surface area contributed by atoms with E-state index in [2.05, 4.69) is 26.6 Å². The molecule has 3 amide bonds. The molecule has 130 valence electrons. The molecule has 0 radical (unpaired) electrons. The van der Waals surface area contributed by atoms with E-state index in [-0.39, 0.29) is 31.2 Å². The average Bonchev–Trinajstić information content (AvgIpc) is 2.55. The summed E-state index contributed by atoms with van der Waals surface area (Å²) in [7, 11) is 0. The zero-order valence-corrected chi connectivity index (χ0v) is 14.6. The fourth-order valence-electron chi connectivity index (χ4n) is 2.51. The van der Waals surface area contributed by atoms with Gasteiger partial charge in [0.25, 0.3) is 0 Å². The molecule has 2 aromatic rings. The summed E-state index contributed by atoms with van der Waals surface area (Å²) in [6.07, 6.45) is 0. The van der Waals surface area contributed by atoms with Gasteiger partial charge in [-0.25, -0.2) is 13.6 Å². The number of carbonyl (C=O) groups is 2. The molecule has 8 heteroatoms. The lowest BCUT2D eigenvalue weighted by atomic mass is 10.1. The van der Waals surface area contributed by atoms with Gasteiger partial charge in [-0.1, -0.05) is 28.1 Å². The number of hydrogen-bond donors (Lipinski definition) is 2. The van der Waals surface area contributed by atoms with Gasteiger partial charge in [-0.05, 0) is 18.2 Å². The number of carbonyl (C=O) groups excluding carboxylic acids is 2. The number of nitrogens with one attached hydrogen (secondary N) is 2. The maximum atomic E-state index is 13.6. The van der Waals surface area contributed by atoms with Crippen LogP contribution in [0.4, 0.5) is 19.3 Å². The standard InChI is InChI=1S/C17H14BrF2N3O2/c18-13-2-1-3-15-12(13)8-23(17(25)22-15)9-16(24)21-7-10-4-5-11(19)6-14(10)20/h1-6H,7-9H2,(H,21,24)(H,22,25). The molecule has 0 fully saturated rings. The highest BCUT2D eigenvalue weighted by Gasteiger charge is 2.25. The number of nitrogens with zero attached hydrogens (tertiary/aromatic N) is 1. The normalized spacial score (nSPS) is 13.2. The lowest BCUT2D eigenvalue weighted by molar-refractivity contribution is -0.121. The number of urea groups is 1. The second-order valence-electron chi connectivity index (χ2n) is 5.56. The molecule has 1 aliphatic heterocycles.